The lowest BCUT2D eigenvalue weighted by Crippen LogP contribution is -2.36. The molecular formula is C23H24N4O4. The number of hydrogen-bond donors (Lipinski definition) is 1. The molecule has 0 bridgehead atoms. The Balaban J connectivity index is 1.46. The van der Waals surface area contributed by atoms with Crippen molar-refractivity contribution in [2.24, 2.45) is 0 Å². The summed E-state index contributed by atoms with van der Waals surface area (Å²) in [6.07, 6.45) is 1.15. The molecule has 4 rings (SSSR count). The van der Waals surface area contributed by atoms with Gasteiger partial charge in [-0.15, -0.1) is 0 Å². The van der Waals surface area contributed by atoms with E-state index in [-0.39, 0.29) is 18.2 Å². The highest BCUT2D eigenvalue weighted by atomic mass is 16.5. The number of urea groups is 1. The normalized spacial score (nSPS) is 16.1. The molecule has 3 aromatic rings. The van der Waals surface area contributed by atoms with Crippen molar-refractivity contribution in [2.45, 2.75) is 39.7 Å². The molecule has 1 aliphatic rings. The molecule has 1 aliphatic heterocycles. The van der Waals surface area contributed by atoms with Crippen LogP contribution in [0.1, 0.15) is 39.5 Å². The minimum absolute atomic E-state index is 0.297. The second-order valence-corrected chi connectivity index (χ2v) is 7.79. The maximum Gasteiger partial charge on any atom is 0.325 e. The molecule has 31 heavy (non-hydrogen) atoms. The maximum atomic E-state index is 13.0. The topological polar surface area (TPSA) is 97.4 Å². The molecule has 3 heterocycles. The van der Waals surface area contributed by atoms with Gasteiger partial charge in [0, 0.05) is 23.0 Å². The third-order valence-corrected chi connectivity index (χ3v) is 5.55. The largest absolute Gasteiger partial charge is 0.360 e. The highest BCUT2D eigenvalue weighted by Gasteiger charge is 2.39. The van der Waals surface area contributed by atoms with E-state index in [0.29, 0.717) is 35.7 Å². The average Bonchev–Trinajstić information content (AvgIpc) is 3.38. The second-order valence-electron chi connectivity index (χ2n) is 7.79. The third kappa shape index (κ3) is 4.01. The Morgan fingerprint density at radius 1 is 1.13 bits per heavy atom. The number of imide groups is 1. The SMILES string of the molecule is Cc1cc(-n2c(C)cc(C(=O)CN3C(=O)NC(CCc4ccccc4)C3=O)c2C)no1. The lowest BCUT2D eigenvalue weighted by Gasteiger charge is -2.12. The quantitative estimate of drug-likeness (QED) is 0.468. The zero-order valence-electron chi connectivity index (χ0n) is 17.7. The Morgan fingerprint density at radius 2 is 1.87 bits per heavy atom. The van der Waals surface area contributed by atoms with Crippen LogP contribution >= 0.6 is 0 Å². The summed E-state index contributed by atoms with van der Waals surface area (Å²) >= 11 is 0. The smallest absolute Gasteiger partial charge is 0.325 e. The first-order valence-electron chi connectivity index (χ1n) is 10.2. The lowest BCUT2D eigenvalue weighted by atomic mass is 10.1. The van der Waals surface area contributed by atoms with Gasteiger partial charge in [0.15, 0.2) is 11.6 Å². The van der Waals surface area contributed by atoms with Crippen molar-refractivity contribution in [1.29, 1.82) is 0 Å². The monoisotopic (exact) mass is 420 g/mol. The molecule has 1 N–H and O–H groups in total. The summed E-state index contributed by atoms with van der Waals surface area (Å²) in [4.78, 5) is 39.1. The van der Waals surface area contributed by atoms with Crippen LogP contribution in [0.3, 0.4) is 0 Å². The zero-order chi connectivity index (χ0) is 22.1. The molecule has 0 saturated carbocycles. The van der Waals surface area contributed by atoms with Crippen molar-refractivity contribution in [3.05, 3.63) is 70.7 Å². The highest BCUT2D eigenvalue weighted by Crippen LogP contribution is 2.22. The number of aryl methyl sites for hydroxylation is 3. The van der Waals surface area contributed by atoms with E-state index >= 15 is 0 Å². The molecule has 3 amide bonds. The Bertz CT molecular complexity index is 1150. The highest BCUT2D eigenvalue weighted by molar-refractivity contribution is 6.09. The van der Waals surface area contributed by atoms with Gasteiger partial charge in [-0.2, -0.15) is 0 Å². The number of carbonyl (C=O) groups excluding carboxylic acids is 3. The molecule has 8 heteroatoms. The van der Waals surface area contributed by atoms with E-state index < -0.39 is 12.1 Å². The van der Waals surface area contributed by atoms with E-state index in [4.69, 9.17) is 4.52 Å². The van der Waals surface area contributed by atoms with Crippen LogP contribution in [0, 0.1) is 20.8 Å². The number of nitrogens with zero attached hydrogens (tertiary/aromatic N) is 3. The van der Waals surface area contributed by atoms with E-state index in [0.717, 1.165) is 16.2 Å². The number of hydrogen-bond acceptors (Lipinski definition) is 5. The van der Waals surface area contributed by atoms with Crippen LogP contribution in [0.25, 0.3) is 5.82 Å². The van der Waals surface area contributed by atoms with Gasteiger partial charge < -0.3 is 9.84 Å². The summed E-state index contributed by atoms with van der Waals surface area (Å²) in [6.45, 7) is 5.16. The average molecular weight is 420 g/mol. The first-order valence-corrected chi connectivity index (χ1v) is 10.2. The van der Waals surface area contributed by atoms with E-state index in [9.17, 15) is 14.4 Å². The predicted octanol–water partition coefficient (Wildman–Crippen LogP) is 3.13. The number of rotatable bonds is 7. The van der Waals surface area contributed by atoms with Crippen LogP contribution in [0.2, 0.25) is 0 Å². The van der Waals surface area contributed by atoms with E-state index in [2.05, 4.69) is 10.5 Å². The van der Waals surface area contributed by atoms with Gasteiger partial charge in [-0.3, -0.25) is 19.1 Å². The van der Waals surface area contributed by atoms with Gasteiger partial charge in [-0.1, -0.05) is 35.5 Å². The number of carbonyl (C=O) groups is 3. The minimum atomic E-state index is -0.619. The van der Waals surface area contributed by atoms with Gasteiger partial charge in [-0.25, -0.2) is 4.79 Å². The molecule has 160 valence electrons. The number of aromatic nitrogens is 2. The van der Waals surface area contributed by atoms with Gasteiger partial charge in [-0.05, 0) is 45.2 Å². The summed E-state index contributed by atoms with van der Waals surface area (Å²) in [5, 5.41) is 6.71. The Hall–Kier alpha value is -3.68. The standard InChI is InChI=1S/C23H24N4O4/c1-14-11-18(16(3)27(14)21-12-15(2)31-25-21)20(28)13-26-22(29)19(24-23(26)30)10-9-17-7-5-4-6-8-17/h4-8,11-12,19H,9-10,13H2,1-3H3,(H,24,30). The molecule has 1 aromatic carbocycles. The van der Waals surface area contributed by atoms with Gasteiger partial charge in [0.05, 0.1) is 6.54 Å². The molecular weight excluding hydrogens is 396 g/mol. The molecule has 0 spiro atoms. The van der Waals surface area contributed by atoms with Crippen molar-refractivity contribution >= 4 is 17.7 Å². The fraction of sp³-hybridized carbons (Fsp3) is 0.304. The first kappa shape index (κ1) is 20.6. The van der Waals surface area contributed by atoms with Crippen LogP contribution in [0.4, 0.5) is 4.79 Å². The van der Waals surface area contributed by atoms with Crippen LogP contribution in [0.5, 0.6) is 0 Å². The Morgan fingerprint density at radius 3 is 2.55 bits per heavy atom. The van der Waals surface area contributed by atoms with E-state index in [1.165, 1.54) is 0 Å². The number of ketones is 1. The fourth-order valence-electron chi connectivity index (χ4n) is 3.96. The van der Waals surface area contributed by atoms with Crippen molar-refractivity contribution < 1.29 is 18.9 Å². The fourth-order valence-corrected chi connectivity index (χ4v) is 3.96. The third-order valence-electron chi connectivity index (χ3n) is 5.55. The molecule has 1 fully saturated rings. The summed E-state index contributed by atoms with van der Waals surface area (Å²) in [5.41, 5.74) is 3.04. The molecule has 8 nitrogen and oxygen atoms in total. The van der Waals surface area contributed by atoms with Crippen molar-refractivity contribution in [2.75, 3.05) is 6.54 Å². The molecule has 1 unspecified atom stereocenters. The Kier molecular flexibility index (Phi) is 5.46. The van der Waals surface area contributed by atoms with E-state index in [1.807, 2.05) is 41.8 Å². The second kappa shape index (κ2) is 8.22. The molecule has 0 aliphatic carbocycles. The number of benzene rings is 1. The van der Waals surface area contributed by atoms with Gasteiger partial charge >= 0.3 is 6.03 Å². The van der Waals surface area contributed by atoms with Crippen molar-refractivity contribution in [3.63, 3.8) is 0 Å². The van der Waals surface area contributed by atoms with Crippen molar-refractivity contribution in [1.82, 2.24) is 19.9 Å². The van der Waals surface area contributed by atoms with Crippen LogP contribution in [-0.2, 0) is 11.2 Å². The summed E-state index contributed by atoms with van der Waals surface area (Å²) in [5.74, 6) is 0.584. The first-order chi connectivity index (χ1) is 14.8. The minimum Gasteiger partial charge on any atom is -0.360 e. The molecule has 0 radical (unpaired) electrons. The van der Waals surface area contributed by atoms with Crippen molar-refractivity contribution in [3.8, 4) is 5.82 Å². The predicted molar refractivity (Wildman–Crippen MR) is 113 cm³/mol. The van der Waals surface area contributed by atoms with Crippen LogP contribution in [0.15, 0.2) is 47.0 Å². The summed E-state index contributed by atoms with van der Waals surface area (Å²) < 4.78 is 6.96. The number of Topliss-reactive ketones (excluding diaryl/α,β-unsaturated/α-hetero) is 1. The van der Waals surface area contributed by atoms with Gasteiger partial charge in [0.25, 0.3) is 5.91 Å². The molecule has 1 saturated heterocycles. The molecule has 1 atom stereocenters. The van der Waals surface area contributed by atoms with E-state index in [1.54, 1.807) is 26.0 Å². The summed E-state index contributed by atoms with van der Waals surface area (Å²) in [7, 11) is 0. The maximum absolute atomic E-state index is 13.0. The number of nitrogens with one attached hydrogen (secondary N) is 1. The summed E-state index contributed by atoms with van der Waals surface area (Å²) in [6, 6.07) is 12.1. The zero-order valence-corrected chi connectivity index (χ0v) is 17.7. The van der Waals surface area contributed by atoms with Gasteiger partial charge in [0.1, 0.15) is 11.8 Å². The van der Waals surface area contributed by atoms with Crippen LogP contribution < -0.4 is 5.32 Å². The molecule has 2 aromatic heterocycles. The lowest BCUT2D eigenvalue weighted by molar-refractivity contribution is -0.127. The Labute approximate surface area is 179 Å². The van der Waals surface area contributed by atoms with Crippen LogP contribution in [-0.4, -0.2) is 44.9 Å². The number of amides is 3. The van der Waals surface area contributed by atoms with Gasteiger partial charge in [0.2, 0.25) is 0 Å².